The molecule has 0 N–H and O–H groups in total. The molecule has 1 heterocycles. The second-order valence-electron chi connectivity index (χ2n) is 4.74. The Kier molecular flexibility index (Phi) is 4.56. The van der Waals surface area contributed by atoms with Crippen molar-refractivity contribution in [3.05, 3.63) is 16.9 Å². The number of carbonyl (C=O) groups is 1. The zero-order chi connectivity index (χ0) is 13.1. The van der Waals surface area contributed by atoms with Crippen molar-refractivity contribution in [3.8, 4) is 0 Å². The normalized spacial score (nSPS) is 11.4. The van der Waals surface area contributed by atoms with E-state index in [1.54, 1.807) is 17.3 Å². The summed E-state index contributed by atoms with van der Waals surface area (Å²) in [5, 5.41) is 3.88. The van der Waals surface area contributed by atoms with Crippen molar-refractivity contribution >= 4 is 22.0 Å². The highest BCUT2D eigenvalue weighted by atomic mass is 79.9. The number of carbonyl (C=O) groups excluding carboxylic acids is 1. The fourth-order valence-electron chi connectivity index (χ4n) is 1.39. The minimum atomic E-state index is -0.394. The maximum Gasteiger partial charge on any atom is 0.436 e. The Hall–Kier alpha value is -1.04. The minimum Gasteiger partial charge on any atom is -0.302 e. The molecule has 0 aliphatic heterocycles. The van der Waals surface area contributed by atoms with E-state index in [-0.39, 0.29) is 5.54 Å². The van der Waals surface area contributed by atoms with Gasteiger partial charge in [-0.3, -0.25) is 4.84 Å². The number of amides is 1. The number of hydrogen-bond acceptors (Lipinski definition) is 3. The first-order chi connectivity index (χ1) is 7.84. The number of aromatic nitrogens is 2. The molecule has 96 valence electrons. The van der Waals surface area contributed by atoms with Gasteiger partial charge in [-0.05, 0) is 43.1 Å². The van der Waals surface area contributed by atoms with Gasteiger partial charge in [0.15, 0.2) is 0 Å². The second kappa shape index (κ2) is 5.53. The van der Waals surface area contributed by atoms with Gasteiger partial charge in [0.2, 0.25) is 0 Å². The van der Waals surface area contributed by atoms with Gasteiger partial charge in [-0.2, -0.15) is 0 Å². The molecule has 0 radical (unpaired) electrons. The molecule has 5 nitrogen and oxygen atoms in total. The van der Waals surface area contributed by atoms with E-state index in [0.29, 0.717) is 6.54 Å². The van der Waals surface area contributed by atoms with E-state index in [9.17, 15) is 4.79 Å². The van der Waals surface area contributed by atoms with Crippen molar-refractivity contribution in [2.75, 3.05) is 6.54 Å². The molecule has 0 atom stereocenters. The quantitative estimate of drug-likeness (QED) is 0.862. The third-order valence-corrected chi connectivity index (χ3v) is 2.59. The monoisotopic (exact) mass is 303 g/mol. The molecule has 1 aromatic heterocycles. The van der Waals surface area contributed by atoms with Crippen molar-refractivity contribution in [1.82, 2.24) is 14.8 Å². The third-order valence-electron chi connectivity index (χ3n) is 2.18. The zero-order valence-corrected chi connectivity index (χ0v) is 12.2. The Bertz CT molecular complexity index is 384. The molecule has 0 saturated heterocycles. The van der Waals surface area contributed by atoms with Crippen LogP contribution in [-0.2, 0) is 0 Å². The summed E-state index contributed by atoms with van der Waals surface area (Å²) in [6, 6.07) is 0. The predicted octanol–water partition coefficient (Wildman–Crippen LogP) is 2.70. The van der Waals surface area contributed by atoms with Crippen LogP contribution in [0.1, 0.15) is 34.1 Å². The Morgan fingerprint density at radius 1 is 1.59 bits per heavy atom. The lowest BCUT2D eigenvalue weighted by Crippen LogP contribution is -2.49. The zero-order valence-electron chi connectivity index (χ0n) is 10.6. The number of halogens is 1. The van der Waals surface area contributed by atoms with Crippen molar-refractivity contribution in [1.29, 1.82) is 0 Å². The molecule has 0 unspecified atom stereocenters. The number of nitrogens with zero attached hydrogens (tertiary/aromatic N) is 3. The van der Waals surface area contributed by atoms with Gasteiger partial charge >= 0.3 is 6.09 Å². The van der Waals surface area contributed by atoms with Gasteiger partial charge < -0.3 is 4.90 Å². The molecule has 0 saturated carbocycles. The largest absolute Gasteiger partial charge is 0.436 e. The first kappa shape index (κ1) is 14.0. The van der Waals surface area contributed by atoms with Crippen LogP contribution in [0.5, 0.6) is 0 Å². The van der Waals surface area contributed by atoms with Gasteiger partial charge in [0.25, 0.3) is 0 Å². The Labute approximate surface area is 110 Å². The van der Waals surface area contributed by atoms with Crippen molar-refractivity contribution in [3.63, 3.8) is 0 Å². The van der Waals surface area contributed by atoms with E-state index in [4.69, 9.17) is 4.84 Å². The number of rotatable bonds is 3. The summed E-state index contributed by atoms with van der Waals surface area (Å²) in [7, 11) is 0. The van der Waals surface area contributed by atoms with Gasteiger partial charge in [-0.1, -0.05) is 11.8 Å². The van der Waals surface area contributed by atoms with E-state index < -0.39 is 6.09 Å². The lowest BCUT2D eigenvalue weighted by atomic mass is 10.1. The van der Waals surface area contributed by atoms with E-state index in [0.717, 1.165) is 15.7 Å². The molecule has 0 aliphatic carbocycles. The van der Waals surface area contributed by atoms with Crippen LogP contribution >= 0.6 is 15.9 Å². The van der Waals surface area contributed by atoms with E-state index >= 15 is 0 Å². The Morgan fingerprint density at radius 3 is 2.65 bits per heavy atom. The Morgan fingerprint density at radius 2 is 2.24 bits per heavy atom. The van der Waals surface area contributed by atoms with E-state index in [2.05, 4.69) is 21.0 Å². The summed E-state index contributed by atoms with van der Waals surface area (Å²) < 4.78 is 0.767. The summed E-state index contributed by atoms with van der Waals surface area (Å²) >= 11 is 3.24. The molecular weight excluding hydrogens is 286 g/mol. The fraction of sp³-hybridized carbons (Fsp3) is 0.636. The molecule has 0 spiro atoms. The maximum absolute atomic E-state index is 12.0. The fourth-order valence-corrected chi connectivity index (χ4v) is 1.65. The predicted molar refractivity (Wildman–Crippen MR) is 68.7 cm³/mol. The van der Waals surface area contributed by atoms with E-state index in [1.807, 2.05) is 27.7 Å². The molecule has 0 bridgehead atoms. The van der Waals surface area contributed by atoms with Gasteiger partial charge in [0, 0.05) is 12.1 Å². The van der Waals surface area contributed by atoms with Gasteiger partial charge in [-0.25, -0.2) is 4.79 Å². The van der Waals surface area contributed by atoms with Crippen LogP contribution < -0.4 is 4.84 Å². The molecular formula is C11H18BrN3O2. The lowest BCUT2D eigenvalue weighted by Gasteiger charge is -2.33. The first-order valence-corrected chi connectivity index (χ1v) is 6.34. The average Bonchev–Trinajstić information content (AvgIpc) is 2.58. The van der Waals surface area contributed by atoms with Crippen molar-refractivity contribution in [2.24, 2.45) is 0 Å². The van der Waals surface area contributed by atoms with Crippen LogP contribution in [0, 0.1) is 0 Å². The lowest BCUT2D eigenvalue weighted by molar-refractivity contribution is 0.0503. The number of hydrogen-bond donors (Lipinski definition) is 0. The smallest absolute Gasteiger partial charge is 0.302 e. The van der Waals surface area contributed by atoms with Gasteiger partial charge in [0.1, 0.15) is 0 Å². The molecule has 0 fully saturated rings. The molecule has 1 amide bonds. The van der Waals surface area contributed by atoms with Gasteiger partial charge in [0.05, 0.1) is 16.9 Å². The molecule has 1 aromatic rings. The third kappa shape index (κ3) is 4.03. The molecule has 1 rings (SSSR count). The highest BCUT2D eigenvalue weighted by Crippen LogP contribution is 2.14. The SMILES string of the molecule is CCCN(C(=O)On1cc(Br)cn1)C(C)(C)C. The molecule has 6 heteroatoms. The van der Waals surface area contributed by atoms with Crippen molar-refractivity contribution < 1.29 is 9.63 Å². The van der Waals surface area contributed by atoms with Crippen LogP contribution in [-0.4, -0.2) is 33.0 Å². The van der Waals surface area contributed by atoms with Crippen LogP contribution in [0.4, 0.5) is 4.79 Å². The summed E-state index contributed by atoms with van der Waals surface area (Å²) in [6.45, 7) is 8.61. The summed E-state index contributed by atoms with van der Waals surface area (Å²) in [4.78, 5) is 20.0. The van der Waals surface area contributed by atoms with Crippen LogP contribution in [0.15, 0.2) is 16.9 Å². The Balaban J connectivity index is 2.72. The van der Waals surface area contributed by atoms with Crippen LogP contribution in [0.2, 0.25) is 0 Å². The average molecular weight is 304 g/mol. The van der Waals surface area contributed by atoms with Crippen LogP contribution in [0.3, 0.4) is 0 Å². The first-order valence-electron chi connectivity index (χ1n) is 5.54. The highest BCUT2D eigenvalue weighted by molar-refractivity contribution is 9.10. The highest BCUT2D eigenvalue weighted by Gasteiger charge is 2.27. The van der Waals surface area contributed by atoms with E-state index in [1.165, 1.54) is 0 Å². The topological polar surface area (TPSA) is 47.4 Å². The second-order valence-corrected chi connectivity index (χ2v) is 5.66. The van der Waals surface area contributed by atoms with Crippen molar-refractivity contribution in [2.45, 2.75) is 39.7 Å². The van der Waals surface area contributed by atoms with Crippen LogP contribution in [0.25, 0.3) is 0 Å². The minimum absolute atomic E-state index is 0.266. The summed E-state index contributed by atoms with van der Waals surface area (Å²) in [5.41, 5.74) is -0.266. The molecule has 0 aliphatic rings. The molecule has 17 heavy (non-hydrogen) atoms. The van der Waals surface area contributed by atoms with Gasteiger partial charge in [-0.15, -0.1) is 5.10 Å². The molecule has 0 aromatic carbocycles. The summed E-state index contributed by atoms with van der Waals surface area (Å²) in [6.07, 6.45) is 3.64. The summed E-state index contributed by atoms with van der Waals surface area (Å²) in [5.74, 6) is 0. The standard InChI is InChI=1S/C11H18BrN3O2/c1-5-6-14(11(2,3)4)10(16)17-15-8-9(12)7-13-15/h7-8H,5-6H2,1-4H3. The maximum atomic E-state index is 12.0.